The second-order valence-electron chi connectivity index (χ2n) is 5.77. The van der Waals surface area contributed by atoms with Crippen molar-refractivity contribution >= 4 is 11.8 Å². The predicted molar refractivity (Wildman–Crippen MR) is 92.8 cm³/mol. The summed E-state index contributed by atoms with van der Waals surface area (Å²) in [5.41, 5.74) is 5.93. The number of nitrogens with two attached hydrogens (primary N) is 1. The topological polar surface area (TPSA) is 84.7 Å². The van der Waals surface area contributed by atoms with Crippen molar-refractivity contribution in [2.75, 3.05) is 32.8 Å². The van der Waals surface area contributed by atoms with Gasteiger partial charge >= 0.3 is 0 Å². The Hall–Kier alpha value is -2.34. The third-order valence-electron chi connectivity index (χ3n) is 4.00. The highest BCUT2D eigenvalue weighted by atomic mass is 16.5. The highest BCUT2D eigenvalue weighted by Crippen LogP contribution is 2.24. The fourth-order valence-electron chi connectivity index (χ4n) is 2.80. The average molecular weight is 331 g/mol. The minimum absolute atomic E-state index is 0.0332. The summed E-state index contributed by atoms with van der Waals surface area (Å²) in [5.74, 6) is 0.216. The van der Waals surface area contributed by atoms with Crippen molar-refractivity contribution in [3.63, 3.8) is 0 Å². The van der Waals surface area contributed by atoms with Gasteiger partial charge in [0.1, 0.15) is 12.4 Å². The Morgan fingerprint density at radius 1 is 1.42 bits per heavy atom. The van der Waals surface area contributed by atoms with Crippen molar-refractivity contribution in [3.8, 4) is 5.75 Å². The number of ether oxygens (including phenoxy) is 1. The molecule has 1 heterocycles. The Morgan fingerprint density at radius 2 is 2.21 bits per heavy atom. The lowest BCUT2D eigenvalue weighted by atomic mass is 9.96. The Bertz CT molecular complexity index is 589. The molecule has 0 aliphatic carbocycles. The third-order valence-corrected chi connectivity index (χ3v) is 4.00. The maximum Gasteiger partial charge on any atom is 0.257 e. The monoisotopic (exact) mass is 331 g/mol. The highest BCUT2D eigenvalue weighted by molar-refractivity contribution is 5.97. The minimum Gasteiger partial charge on any atom is -0.489 e. The Labute approximate surface area is 142 Å². The van der Waals surface area contributed by atoms with Crippen molar-refractivity contribution in [2.24, 2.45) is 11.7 Å². The number of para-hydroxylation sites is 1. The molecule has 130 valence electrons. The summed E-state index contributed by atoms with van der Waals surface area (Å²) in [6.45, 7) is 5.90. The summed E-state index contributed by atoms with van der Waals surface area (Å²) in [6.07, 6.45) is 3.23. The van der Waals surface area contributed by atoms with Crippen molar-refractivity contribution in [3.05, 3.63) is 42.5 Å². The van der Waals surface area contributed by atoms with Crippen LogP contribution in [0.4, 0.5) is 0 Å². The molecule has 1 aliphatic heterocycles. The van der Waals surface area contributed by atoms with Gasteiger partial charge in [-0.3, -0.25) is 9.59 Å². The lowest BCUT2D eigenvalue weighted by molar-refractivity contribution is -0.126. The molecule has 0 bridgehead atoms. The van der Waals surface area contributed by atoms with Crippen LogP contribution in [0.5, 0.6) is 5.75 Å². The van der Waals surface area contributed by atoms with Gasteiger partial charge in [0.2, 0.25) is 5.91 Å². The fourth-order valence-corrected chi connectivity index (χ4v) is 2.80. The van der Waals surface area contributed by atoms with E-state index < -0.39 is 0 Å². The molecule has 0 radical (unpaired) electrons. The maximum absolute atomic E-state index is 12.8. The van der Waals surface area contributed by atoms with Gasteiger partial charge in [-0.05, 0) is 25.0 Å². The van der Waals surface area contributed by atoms with Crippen LogP contribution in [0, 0.1) is 5.92 Å². The predicted octanol–water partition coefficient (Wildman–Crippen LogP) is 1.18. The van der Waals surface area contributed by atoms with Crippen molar-refractivity contribution in [1.82, 2.24) is 10.2 Å². The van der Waals surface area contributed by atoms with Gasteiger partial charge in [-0.25, -0.2) is 0 Å². The quantitative estimate of drug-likeness (QED) is 0.735. The molecule has 1 unspecified atom stereocenters. The average Bonchev–Trinajstić information content (AvgIpc) is 2.64. The molecule has 0 saturated carbocycles. The summed E-state index contributed by atoms with van der Waals surface area (Å²) in [4.78, 5) is 26.7. The molecule has 1 fully saturated rings. The van der Waals surface area contributed by atoms with Crippen molar-refractivity contribution < 1.29 is 14.3 Å². The van der Waals surface area contributed by atoms with E-state index in [1.54, 1.807) is 23.1 Å². The zero-order valence-electron chi connectivity index (χ0n) is 13.9. The van der Waals surface area contributed by atoms with Gasteiger partial charge in [-0.1, -0.05) is 24.8 Å². The third kappa shape index (κ3) is 4.58. The van der Waals surface area contributed by atoms with E-state index in [-0.39, 0.29) is 17.7 Å². The van der Waals surface area contributed by atoms with Crippen LogP contribution in [-0.2, 0) is 4.79 Å². The minimum atomic E-state index is -0.185. The number of carbonyl (C=O) groups excluding carboxylic acids is 2. The molecule has 6 nitrogen and oxygen atoms in total. The highest BCUT2D eigenvalue weighted by Gasteiger charge is 2.29. The van der Waals surface area contributed by atoms with Gasteiger partial charge in [0.05, 0.1) is 11.5 Å². The fraction of sp³-hybridized carbons (Fsp3) is 0.444. The van der Waals surface area contributed by atoms with E-state index in [9.17, 15) is 9.59 Å². The largest absolute Gasteiger partial charge is 0.489 e. The number of nitrogens with one attached hydrogen (secondary N) is 1. The van der Waals surface area contributed by atoms with E-state index in [0.717, 1.165) is 12.8 Å². The van der Waals surface area contributed by atoms with Gasteiger partial charge in [-0.15, -0.1) is 0 Å². The van der Waals surface area contributed by atoms with E-state index in [1.807, 2.05) is 12.1 Å². The number of likely N-dealkylation sites (tertiary alicyclic amines) is 1. The molecule has 2 rings (SSSR count). The van der Waals surface area contributed by atoms with Crippen LogP contribution in [-0.4, -0.2) is 49.5 Å². The SMILES string of the molecule is C=CCOc1ccccc1C(=O)N1CCCC(C(=O)NCCN)C1. The summed E-state index contributed by atoms with van der Waals surface area (Å²) >= 11 is 0. The number of hydrogen-bond donors (Lipinski definition) is 2. The lowest BCUT2D eigenvalue weighted by Crippen LogP contribution is -2.46. The second-order valence-corrected chi connectivity index (χ2v) is 5.77. The number of carbonyl (C=O) groups is 2. The van der Waals surface area contributed by atoms with E-state index in [2.05, 4.69) is 11.9 Å². The normalized spacial score (nSPS) is 17.2. The number of piperidine rings is 1. The molecule has 0 spiro atoms. The number of amides is 2. The molecule has 6 heteroatoms. The zero-order chi connectivity index (χ0) is 17.4. The van der Waals surface area contributed by atoms with E-state index in [4.69, 9.17) is 10.5 Å². The number of benzene rings is 1. The van der Waals surface area contributed by atoms with Gasteiger partial charge < -0.3 is 20.7 Å². The molecule has 0 aromatic heterocycles. The Balaban J connectivity index is 2.06. The van der Waals surface area contributed by atoms with Crippen molar-refractivity contribution in [2.45, 2.75) is 12.8 Å². The van der Waals surface area contributed by atoms with Gasteiger partial charge in [0.25, 0.3) is 5.91 Å². The summed E-state index contributed by atoms with van der Waals surface area (Å²) in [6, 6.07) is 7.16. The van der Waals surface area contributed by atoms with Crippen LogP contribution in [0.25, 0.3) is 0 Å². The Kier molecular flexibility index (Phi) is 6.81. The number of rotatable bonds is 7. The van der Waals surface area contributed by atoms with Crippen LogP contribution >= 0.6 is 0 Å². The van der Waals surface area contributed by atoms with Gasteiger partial charge in [0.15, 0.2) is 0 Å². The lowest BCUT2D eigenvalue weighted by Gasteiger charge is -2.32. The van der Waals surface area contributed by atoms with Crippen LogP contribution in [0.15, 0.2) is 36.9 Å². The molecule has 3 N–H and O–H groups in total. The van der Waals surface area contributed by atoms with Gasteiger partial charge in [-0.2, -0.15) is 0 Å². The van der Waals surface area contributed by atoms with Crippen molar-refractivity contribution in [1.29, 1.82) is 0 Å². The van der Waals surface area contributed by atoms with Gasteiger partial charge in [0, 0.05) is 26.2 Å². The molecule has 1 atom stereocenters. The first-order valence-corrected chi connectivity index (χ1v) is 8.27. The molecule has 1 aliphatic rings. The van der Waals surface area contributed by atoms with E-state index >= 15 is 0 Å². The first-order chi connectivity index (χ1) is 11.7. The molecule has 1 aromatic rings. The molecular formula is C18H25N3O3. The molecule has 1 aromatic carbocycles. The van der Waals surface area contributed by atoms with Crippen LogP contribution < -0.4 is 15.8 Å². The standard InChI is InChI=1S/C18H25N3O3/c1-2-12-24-16-8-4-3-7-15(16)18(23)21-11-5-6-14(13-21)17(22)20-10-9-19/h2-4,7-8,14H,1,5-6,9-13,19H2,(H,20,22). The van der Waals surface area contributed by atoms with E-state index in [1.165, 1.54) is 0 Å². The van der Waals surface area contributed by atoms with Crippen LogP contribution in [0.3, 0.4) is 0 Å². The summed E-state index contributed by atoms with van der Waals surface area (Å²) < 4.78 is 5.57. The Morgan fingerprint density at radius 3 is 2.96 bits per heavy atom. The molecule has 24 heavy (non-hydrogen) atoms. The summed E-state index contributed by atoms with van der Waals surface area (Å²) in [7, 11) is 0. The number of nitrogens with zero attached hydrogens (tertiary/aromatic N) is 1. The van der Waals surface area contributed by atoms with Crippen LogP contribution in [0.2, 0.25) is 0 Å². The number of hydrogen-bond acceptors (Lipinski definition) is 4. The molecular weight excluding hydrogens is 306 g/mol. The van der Waals surface area contributed by atoms with E-state index in [0.29, 0.717) is 44.1 Å². The maximum atomic E-state index is 12.8. The molecule has 1 saturated heterocycles. The first-order valence-electron chi connectivity index (χ1n) is 8.27. The second kappa shape index (κ2) is 9.08. The molecule has 2 amide bonds. The summed E-state index contributed by atoms with van der Waals surface area (Å²) in [5, 5.41) is 2.80. The smallest absolute Gasteiger partial charge is 0.257 e. The first kappa shape index (κ1) is 18.0. The van der Waals surface area contributed by atoms with Crippen LogP contribution in [0.1, 0.15) is 23.2 Å². The zero-order valence-corrected chi connectivity index (χ0v) is 13.9.